The summed E-state index contributed by atoms with van der Waals surface area (Å²) in [4.78, 5) is 24.8. The van der Waals surface area contributed by atoms with Gasteiger partial charge < -0.3 is 15.5 Å². The maximum atomic E-state index is 12.0. The molecule has 0 aromatic heterocycles. The summed E-state index contributed by atoms with van der Waals surface area (Å²) in [5.41, 5.74) is 1.38. The van der Waals surface area contributed by atoms with Crippen molar-refractivity contribution in [1.82, 2.24) is 10.2 Å². The summed E-state index contributed by atoms with van der Waals surface area (Å²) < 4.78 is 0. The average Bonchev–Trinajstić information content (AvgIpc) is 2.46. The number of benzene rings is 1. The number of carbonyl (C=O) groups is 2. The third-order valence-electron chi connectivity index (χ3n) is 3.18. The molecule has 116 valence electrons. The first-order valence-electron chi connectivity index (χ1n) is 6.93. The summed E-state index contributed by atoms with van der Waals surface area (Å²) in [5.74, 6) is -1.48. The van der Waals surface area contributed by atoms with E-state index in [-0.39, 0.29) is 6.61 Å². The van der Waals surface area contributed by atoms with E-state index >= 15 is 0 Å². The Morgan fingerprint density at radius 1 is 1.38 bits per heavy atom. The summed E-state index contributed by atoms with van der Waals surface area (Å²) in [6, 6.07) is 6.13. The number of carboxylic acids is 1. The van der Waals surface area contributed by atoms with Gasteiger partial charge in [0.1, 0.15) is 6.04 Å². The van der Waals surface area contributed by atoms with Crippen LogP contribution >= 0.6 is 0 Å². The van der Waals surface area contributed by atoms with Crippen LogP contribution in [0.5, 0.6) is 0 Å². The summed E-state index contributed by atoms with van der Waals surface area (Å²) in [6.07, 6.45) is 0. The molecule has 1 rings (SSSR count). The third-order valence-corrected chi connectivity index (χ3v) is 3.18. The number of rotatable bonds is 8. The quantitative estimate of drug-likeness (QED) is 0.657. The second kappa shape index (κ2) is 8.39. The van der Waals surface area contributed by atoms with E-state index < -0.39 is 17.9 Å². The van der Waals surface area contributed by atoms with Gasteiger partial charge in [0.05, 0.1) is 6.61 Å². The first-order valence-corrected chi connectivity index (χ1v) is 6.93. The van der Waals surface area contributed by atoms with E-state index in [9.17, 15) is 9.59 Å². The Bertz CT molecular complexity index is 490. The fourth-order valence-corrected chi connectivity index (χ4v) is 1.90. The van der Waals surface area contributed by atoms with Crippen LogP contribution in [-0.2, 0) is 11.3 Å². The van der Waals surface area contributed by atoms with Gasteiger partial charge in [-0.25, -0.2) is 0 Å². The second-order valence-corrected chi connectivity index (χ2v) is 4.83. The van der Waals surface area contributed by atoms with E-state index in [1.165, 1.54) is 6.92 Å². The molecule has 0 spiro atoms. The fraction of sp³-hybridized carbons (Fsp3) is 0.467. The predicted molar refractivity (Wildman–Crippen MR) is 79.0 cm³/mol. The second-order valence-electron chi connectivity index (χ2n) is 4.83. The van der Waals surface area contributed by atoms with Crippen LogP contribution in [0.25, 0.3) is 0 Å². The van der Waals surface area contributed by atoms with Gasteiger partial charge >= 0.3 is 5.97 Å². The lowest BCUT2D eigenvalue weighted by atomic mass is 10.1. The van der Waals surface area contributed by atoms with Crippen LogP contribution in [0.4, 0.5) is 0 Å². The lowest BCUT2D eigenvalue weighted by Crippen LogP contribution is -2.38. The minimum atomic E-state index is -1.07. The number of hydrogen-bond donors (Lipinski definition) is 3. The highest BCUT2D eigenvalue weighted by Crippen LogP contribution is 2.09. The molecule has 1 aromatic carbocycles. The van der Waals surface area contributed by atoms with Crippen LogP contribution in [0, 0.1) is 0 Å². The standard InChI is InChI=1S/C15H22N2O4/c1-3-17(7-8-18)10-12-5-4-6-13(9-12)14(19)16-11(2)15(20)21/h4-6,9,11,18H,3,7-8,10H2,1-2H3,(H,16,19)(H,20,21). The van der Waals surface area contributed by atoms with Crippen molar-refractivity contribution in [2.75, 3.05) is 19.7 Å². The minimum absolute atomic E-state index is 0.0874. The van der Waals surface area contributed by atoms with Gasteiger partial charge in [-0.15, -0.1) is 0 Å². The van der Waals surface area contributed by atoms with E-state index in [2.05, 4.69) is 10.2 Å². The Morgan fingerprint density at radius 2 is 2.10 bits per heavy atom. The number of carbonyl (C=O) groups excluding carboxylic acids is 1. The first-order chi connectivity index (χ1) is 9.97. The van der Waals surface area contributed by atoms with Crippen molar-refractivity contribution in [1.29, 1.82) is 0 Å². The van der Waals surface area contributed by atoms with Gasteiger partial charge in [-0.05, 0) is 31.2 Å². The van der Waals surface area contributed by atoms with Crippen LogP contribution in [0.15, 0.2) is 24.3 Å². The minimum Gasteiger partial charge on any atom is -0.480 e. The van der Waals surface area contributed by atoms with Crippen LogP contribution in [0.1, 0.15) is 29.8 Å². The molecular formula is C15H22N2O4. The van der Waals surface area contributed by atoms with Gasteiger partial charge in [-0.3, -0.25) is 14.5 Å². The molecule has 0 aliphatic rings. The summed E-state index contributed by atoms with van der Waals surface area (Å²) >= 11 is 0. The zero-order valence-electron chi connectivity index (χ0n) is 12.4. The fourth-order valence-electron chi connectivity index (χ4n) is 1.90. The monoisotopic (exact) mass is 294 g/mol. The van der Waals surface area contributed by atoms with Gasteiger partial charge in [0.25, 0.3) is 5.91 Å². The number of aliphatic hydroxyl groups excluding tert-OH is 1. The maximum absolute atomic E-state index is 12.0. The molecule has 1 unspecified atom stereocenters. The number of nitrogens with zero attached hydrogens (tertiary/aromatic N) is 1. The van der Waals surface area contributed by atoms with E-state index in [1.54, 1.807) is 18.2 Å². The number of carboxylic acid groups (broad SMARTS) is 1. The Hall–Kier alpha value is -1.92. The average molecular weight is 294 g/mol. The van der Waals surface area contributed by atoms with Crippen molar-refractivity contribution in [3.8, 4) is 0 Å². The molecule has 0 radical (unpaired) electrons. The van der Waals surface area contributed by atoms with Crippen molar-refractivity contribution in [2.24, 2.45) is 0 Å². The molecule has 6 heteroatoms. The van der Waals surface area contributed by atoms with Gasteiger partial charge in [-0.1, -0.05) is 19.1 Å². The van der Waals surface area contributed by atoms with E-state index in [4.69, 9.17) is 10.2 Å². The Morgan fingerprint density at radius 3 is 2.67 bits per heavy atom. The number of hydrogen-bond acceptors (Lipinski definition) is 4. The van der Waals surface area contributed by atoms with E-state index in [0.717, 1.165) is 12.1 Å². The van der Waals surface area contributed by atoms with Crippen molar-refractivity contribution in [2.45, 2.75) is 26.4 Å². The van der Waals surface area contributed by atoms with Gasteiger partial charge in [0, 0.05) is 18.7 Å². The van der Waals surface area contributed by atoms with Crippen molar-refractivity contribution in [3.63, 3.8) is 0 Å². The SMILES string of the molecule is CCN(CCO)Cc1cccc(C(=O)NC(C)C(=O)O)c1. The van der Waals surface area contributed by atoms with Crippen LogP contribution < -0.4 is 5.32 Å². The molecule has 1 atom stereocenters. The third kappa shape index (κ3) is 5.53. The lowest BCUT2D eigenvalue weighted by Gasteiger charge is -2.19. The molecule has 21 heavy (non-hydrogen) atoms. The van der Waals surface area contributed by atoms with Gasteiger partial charge in [0.15, 0.2) is 0 Å². The molecule has 0 aliphatic heterocycles. The topological polar surface area (TPSA) is 89.9 Å². The van der Waals surface area contributed by atoms with E-state index in [0.29, 0.717) is 18.7 Å². The highest BCUT2D eigenvalue weighted by atomic mass is 16.4. The Balaban J connectivity index is 2.75. The summed E-state index contributed by atoms with van der Waals surface area (Å²) in [5, 5.41) is 20.2. The van der Waals surface area contributed by atoms with E-state index in [1.807, 2.05) is 13.0 Å². The molecule has 6 nitrogen and oxygen atoms in total. The predicted octanol–water partition coefficient (Wildman–Crippen LogP) is 0.704. The molecular weight excluding hydrogens is 272 g/mol. The number of nitrogens with one attached hydrogen (secondary N) is 1. The smallest absolute Gasteiger partial charge is 0.325 e. The zero-order chi connectivity index (χ0) is 15.8. The molecule has 3 N–H and O–H groups in total. The van der Waals surface area contributed by atoms with Crippen LogP contribution in [0.3, 0.4) is 0 Å². The molecule has 1 amide bonds. The molecule has 1 aromatic rings. The molecule has 0 aliphatic carbocycles. The van der Waals surface area contributed by atoms with Crippen molar-refractivity contribution >= 4 is 11.9 Å². The molecule has 0 saturated carbocycles. The first kappa shape index (κ1) is 17.1. The Kier molecular flexibility index (Phi) is 6.84. The maximum Gasteiger partial charge on any atom is 0.325 e. The summed E-state index contributed by atoms with van der Waals surface area (Å²) in [6.45, 7) is 5.51. The Labute approximate surface area is 124 Å². The number of aliphatic hydroxyl groups is 1. The number of likely N-dealkylation sites (N-methyl/N-ethyl adjacent to an activating group) is 1. The highest BCUT2D eigenvalue weighted by molar-refractivity contribution is 5.96. The van der Waals surface area contributed by atoms with Gasteiger partial charge in [-0.2, -0.15) is 0 Å². The number of amides is 1. The molecule has 0 heterocycles. The molecule has 0 bridgehead atoms. The largest absolute Gasteiger partial charge is 0.480 e. The lowest BCUT2D eigenvalue weighted by molar-refractivity contribution is -0.138. The number of aliphatic carboxylic acids is 1. The van der Waals surface area contributed by atoms with Crippen molar-refractivity contribution in [3.05, 3.63) is 35.4 Å². The van der Waals surface area contributed by atoms with Crippen LogP contribution in [-0.4, -0.2) is 52.7 Å². The normalized spacial score (nSPS) is 12.2. The summed E-state index contributed by atoms with van der Waals surface area (Å²) in [7, 11) is 0. The molecule has 0 saturated heterocycles. The van der Waals surface area contributed by atoms with Crippen LogP contribution in [0.2, 0.25) is 0 Å². The van der Waals surface area contributed by atoms with Gasteiger partial charge in [0.2, 0.25) is 0 Å². The molecule has 0 fully saturated rings. The van der Waals surface area contributed by atoms with Crippen molar-refractivity contribution < 1.29 is 19.8 Å². The highest BCUT2D eigenvalue weighted by Gasteiger charge is 2.15. The zero-order valence-corrected chi connectivity index (χ0v) is 12.4.